The molecule has 0 aliphatic carbocycles. The molecule has 1 radical (unpaired) electrons. The Hall–Kier alpha value is -1.06. The predicted octanol–water partition coefficient (Wildman–Crippen LogP) is -0.523. The summed E-state index contributed by atoms with van der Waals surface area (Å²) in [5, 5.41) is 5.61. The van der Waals surface area contributed by atoms with Crippen molar-refractivity contribution in [2.45, 2.75) is 6.92 Å². The largest absolute Gasteiger partial charge is 0.344 e. The van der Waals surface area contributed by atoms with Gasteiger partial charge in [0.1, 0.15) is 0 Å². The average Bonchev–Trinajstić information content (AvgIpc) is 1.80. The first-order valence-corrected chi connectivity index (χ1v) is 2.73. The number of hydrogen-bond donors (Lipinski definition) is 1. The number of imide groups is 1. The zero-order valence-corrected chi connectivity index (χ0v) is 5.05. The highest BCUT2D eigenvalue weighted by atomic mass is 16.2. The molecule has 1 saturated heterocycles. The molecule has 1 rings (SSSR count). The minimum atomic E-state index is -0.516. The van der Waals surface area contributed by atoms with Gasteiger partial charge in [0.05, 0.1) is 5.92 Å². The first-order chi connectivity index (χ1) is 4.20. The Labute approximate surface area is 52.6 Å². The van der Waals surface area contributed by atoms with Crippen LogP contribution in [0.1, 0.15) is 6.92 Å². The van der Waals surface area contributed by atoms with E-state index in [2.05, 4.69) is 10.6 Å². The van der Waals surface area contributed by atoms with Crippen LogP contribution in [0.25, 0.3) is 0 Å². The van der Waals surface area contributed by atoms with Crippen molar-refractivity contribution >= 4 is 11.9 Å². The maximum absolute atomic E-state index is 10.6. The summed E-state index contributed by atoms with van der Waals surface area (Å²) in [5.74, 6) is -0.471. The van der Waals surface area contributed by atoms with E-state index in [9.17, 15) is 9.59 Å². The van der Waals surface area contributed by atoms with Crippen LogP contribution in [0, 0.1) is 5.92 Å². The second-order valence-corrected chi connectivity index (χ2v) is 2.04. The van der Waals surface area contributed by atoms with E-state index in [4.69, 9.17) is 0 Å². The lowest BCUT2D eigenvalue weighted by Gasteiger charge is -2.15. The van der Waals surface area contributed by atoms with Gasteiger partial charge in [-0.2, -0.15) is 5.32 Å². The molecule has 4 heteroatoms. The minimum Gasteiger partial charge on any atom is -0.335 e. The van der Waals surface area contributed by atoms with E-state index in [0.717, 1.165) is 0 Å². The van der Waals surface area contributed by atoms with E-state index >= 15 is 0 Å². The second kappa shape index (κ2) is 2.05. The van der Waals surface area contributed by atoms with E-state index in [1.165, 1.54) is 0 Å². The summed E-state index contributed by atoms with van der Waals surface area (Å²) < 4.78 is 0. The van der Waals surface area contributed by atoms with Crippen molar-refractivity contribution in [2.24, 2.45) is 5.92 Å². The lowest BCUT2D eigenvalue weighted by atomic mass is 10.1. The van der Waals surface area contributed by atoms with Gasteiger partial charge in [-0.15, -0.1) is 0 Å². The van der Waals surface area contributed by atoms with Crippen LogP contribution in [0.3, 0.4) is 0 Å². The third kappa shape index (κ3) is 1.19. The van der Waals surface area contributed by atoms with Gasteiger partial charge in [-0.25, -0.2) is 4.79 Å². The molecule has 9 heavy (non-hydrogen) atoms. The molecule has 1 unspecified atom stereocenters. The van der Waals surface area contributed by atoms with Crippen LogP contribution in [0.15, 0.2) is 0 Å². The number of rotatable bonds is 0. The molecule has 4 nitrogen and oxygen atoms in total. The van der Waals surface area contributed by atoms with Crippen molar-refractivity contribution in [3.63, 3.8) is 0 Å². The van der Waals surface area contributed by atoms with Gasteiger partial charge in [0, 0.05) is 6.54 Å². The number of carbonyl (C=O) groups excluding carboxylic acids is 2. The monoisotopic (exact) mass is 127 g/mol. The minimum absolute atomic E-state index is 0.150. The Kier molecular flexibility index (Phi) is 1.38. The molecular formula is C5H7N2O2. The van der Waals surface area contributed by atoms with Gasteiger partial charge in [0.15, 0.2) is 0 Å². The molecule has 0 aromatic carbocycles. The molecule has 0 aromatic heterocycles. The average molecular weight is 127 g/mol. The highest BCUT2D eigenvalue weighted by Gasteiger charge is 2.23. The van der Waals surface area contributed by atoms with Crippen LogP contribution in [-0.2, 0) is 4.79 Å². The van der Waals surface area contributed by atoms with Crippen LogP contribution in [0.5, 0.6) is 0 Å². The Balaban J connectivity index is 2.54. The fourth-order valence-corrected chi connectivity index (χ4v) is 0.578. The fourth-order valence-electron chi connectivity index (χ4n) is 0.578. The molecule has 0 bridgehead atoms. The summed E-state index contributed by atoms with van der Waals surface area (Å²) in [6, 6.07) is -0.516. The van der Waals surface area contributed by atoms with E-state index in [1.54, 1.807) is 6.92 Å². The highest BCUT2D eigenvalue weighted by molar-refractivity contribution is 5.97. The third-order valence-electron chi connectivity index (χ3n) is 1.19. The zero-order valence-electron chi connectivity index (χ0n) is 5.05. The molecule has 3 amide bonds. The van der Waals surface area contributed by atoms with Crippen LogP contribution >= 0.6 is 0 Å². The van der Waals surface area contributed by atoms with E-state index < -0.39 is 6.03 Å². The molecule has 49 valence electrons. The van der Waals surface area contributed by atoms with Crippen molar-refractivity contribution in [2.75, 3.05) is 6.54 Å². The van der Waals surface area contributed by atoms with Crippen molar-refractivity contribution in [1.29, 1.82) is 0 Å². The summed E-state index contributed by atoms with van der Waals surface area (Å²) in [6.07, 6.45) is 0. The number of carbonyl (C=O) groups is 2. The van der Waals surface area contributed by atoms with Crippen molar-refractivity contribution in [1.82, 2.24) is 10.6 Å². The first-order valence-electron chi connectivity index (χ1n) is 2.73. The molecule has 1 aliphatic rings. The van der Waals surface area contributed by atoms with Gasteiger partial charge >= 0.3 is 6.03 Å². The summed E-state index contributed by atoms with van der Waals surface area (Å²) in [4.78, 5) is 20.9. The number of hydrogen-bond acceptors (Lipinski definition) is 2. The van der Waals surface area contributed by atoms with Crippen LogP contribution in [0.4, 0.5) is 4.79 Å². The molecule has 1 aliphatic heterocycles. The smallest absolute Gasteiger partial charge is 0.335 e. The van der Waals surface area contributed by atoms with Gasteiger partial charge in [-0.05, 0) is 0 Å². The highest BCUT2D eigenvalue weighted by Crippen LogP contribution is 1.97. The number of urea groups is 1. The van der Waals surface area contributed by atoms with E-state index in [0.29, 0.717) is 6.54 Å². The van der Waals surface area contributed by atoms with Crippen LogP contribution in [0.2, 0.25) is 0 Å². The summed E-state index contributed by atoms with van der Waals surface area (Å²) in [6.45, 7) is 2.15. The molecule has 1 atom stereocenters. The quantitative estimate of drug-likeness (QED) is 0.475. The number of nitrogens with one attached hydrogen (secondary N) is 1. The lowest BCUT2D eigenvalue weighted by molar-refractivity contribution is -0.124. The Morgan fingerprint density at radius 2 is 2.33 bits per heavy atom. The van der Waals surface area contributed by atoms with Gasteiger partial charge in [-0.1, -0.05) is 6.92 Å². The lowest BCUT2D eigenvalue weighted by Crippen LogP contribution is -2.46. The molecule has 0 aromatic rings. The van der Waals surface area contributed by atoms with Crippen LogP contribution in [-0.4, -0.2) is 18.5 Å². The number of nitrogens with zero attached hydrogens (tertiary/aromatic N) is 1. The van der Waals surface area contributed by atoms with Crippen molar-refractivity contribution in [3.8, 4) is 0 Å². The molecule has 1 N–H and O–H groups in total. The summed E-state index contributed by atoms with van der Waals surface area (Å²) in [7, 11) is 0. The molecule has 1 heterocycles. The standard InChI is InChI=1S/C5H7N2O2/c1-3-2-6-5(9)7-4(3)8/h3H,2H2,1H3,(H,6,9). The van der Waals surface area contributed by atoms with Gasteiger partial charge < -0.3 is 5.32 Å². The molecule has 0 saturated carbocycles. The van der Waals surface area contributed by atoms with Gasteiger partial charge in [0.25, 0.3) is 5.91 Å². The third-order valence-corrected chi connectivity index (χ3v) is 1.19. The summed E-state index contributed by atoms with van der Waals surface area (Å²) >= 11 is 0. The second-order valence-electron chi connectivity index (χ2n) is 2.04. The van der Waals surface area contributed by atoms with E-state index in [-0.39, 0.29) is 11.8 Å². The molecule has 0 spiro atoms. The Bertz CT molecular complexity index is 155. The molecule has 1 fully saturated rings. The van der Waals surface area contributed by atoms with Gasteiger partial charge in [0.2, 0.25) is 0 Å². The molecular weight excluding hydrogens is 120 g/mol. The Morgan fingerprint density at radius 1 is 1.67 bits per heavy atom. The zero-order chi connectivity index (χ0) is 6.85. The van der Waals surface area contributed by atoms with Gasteiger partial charge in [-0.3, -0.25) is 4.79 Å². The SMILES string of the molecule is CC1CNC(=O)[N]C1=O. The van der Waals surface area contributed by atoms with Crippen molar-refractivity contribution in [3.05, 3.63) is 0 Å². The maximum atomic E-state index is 10.6. The summed E-state index contributed by atoms with van der Waals surface area (Å²) in [5.41, 5.74) is 0. The first kappa shape index (κ1) is 6.07. The normalized spacial score (nSPS) is 27.0. The topological polar surface area (TPSA) is 60.3 Å². The van der Waals surface area contributed by atoms with Crippen molar-refractivity contribution < 1.29 is 9.59 Å². The van der Waals surface area contributed by atoms with Crippen LogP contribution < -0.4 is 10.6 Å². The maximum Gasteiger partial charge on any atom is 0.344 e. The predicted molar refractivity (Wildman–Crippen MR) is 29.7 cm³/mol. The van der Waals surface area contributed by atoms with E-state index in [1.807, 2.05) is 0 Å². The number of amides is 3. The fraction of sp³-hybridized carbons (Fsp3) is 0.600. The Morgan fingerprint density at radius 3 is 2.78 bits per heavy atom.